The van der Waals surface area contributed by atoms with Crippen LogP contribution in [-0.2, 0) is 6.54 Å². The number of thiophene rings is 1. The molecule has 2 N–H and O–H groups in total. The number of carbonyl (C=O) groups excluding carboxylic acids is 1. The molecule has 3 rings (SSSR count). The molecule has 0 aliphatic rings. The molecule has 0 aliphatic carbocycles. The number of aromatic nitrogens is 3. The van der Waals surface area contributed by atoms with E-state index in [9.17, 15) is 9.18 Å². The van der Waals surface area contributed by atoms with Crippen molar-refractivity contribution in [2.75, 3.05) is 5.32 Å². The zero-order chi connectivity index (χ0) is 15.4. The fraction of sp³-hybridized carbons (Fsp3) is 0.0714. The van der Waals surface area contributed by atoms with E-state index in [0.717, 1.165) is 5.56 Å². The van der Waals surface area contributed by atoms with Crippen LogP contribution < -0.4 is 10.6 Å². The third-order valence-corrected chi connectivity index (χ3v) is 3.64. The summed E-state index contributed by atoms with van der Waals surface area (Å²) in [4.78, 5) is 15.5. The fourth-order valence-electron chi connectivity index (χ4n) is 1.85. The maximum Gasteiger partial charge on any atom is 0.319 e. The van der Waals surface area contributed by atoms with Gasteiger partial charge < -0.3 is 10.6 Å². The van der Waals surface area contributed by atoms with Crippen LogP contribution in [0, 0.1) is 5.82 Å². The number of carbonyl (C=O) groups is 1. The minimum Gasteiger partial charge on any atom is -0.334 e. The SMILES string of the molecule is O=C(NCc1ccsc1)Nc1ccc(-n2cncn2)c(F)c1. The number of amides is 2. The van der Waals surface area contributed by atoms with Crippen molar-refractivity contribution in [3.8, 4) is 5.69 Å². The van der Waals surface area contributed by atoms with E-state index in [0.29, 0.717) is 12.2 Å². The third kappa shape index (κ3) is 3.29. The fourth-order valence-corrected chi connectivity index (χ4v) is 2.52. The molecule has 6 nitrogen and oxygen atoms in total. The molecular weight excluding hydrogens is 305 g/mol. The number of nitrogens with zero attached hydrogens (tertiary/aromatic N) is 3. The summed E-state index contributed by atoms with van der Waals surface area (Å²) in [5.74, 6) is -0.499. The summed E-state index contributed by atoms with van der Waals surface area (Å²) < 4.78 is 15.3. The number of rotatable bonds is 4. The zero-order valence-electron chi connectivity index (χ0n) is 11.4. The van der Waals surface area contributed by atoms with E-state index >= 15 is 0 Å². The van der Waals surface area contributed by atoms with E-state index in [1.165, 1.54) is 29.5 Å². The van der Waals surface area contributed by atoms with Gasteiger partial charge in [0.15, 0.2) is 5.82 Å². The lowest BCUT2D eigenvalue weighted by Crippen LogP contribution is -2.28. The molecule has 8 heteroatoms. The minimum absolute atomic E-state index is 0.265. The van der Waals surface area contributed by atoms with E-state index in [2.05, 4.69) is 20.7 Å². The summed E-state index contributed by atoms with van der Waals surface area (Å²) in [5.41, 5.74) is 1.65. The van der Waals surface area contributed by atoms with Gasteiger partial charge in [-0.1, -0.05) is 0 Å². The summed E-state index contributed by atoms with van der Waals surface area (Å²) in [6, 6.07) is 5.90. The van der Waals surface area contributed by atoms with Gasteiger partial charge in [-0.05, 0) is 40.6 Å². The van der Waals surface area contributed by atoms with E-state index in [1.807, 2.05) is 16.8 Å². The van der Waals surface area contributed by atoms with Crippen LogP contribution in [0.15, 0.2) is 47.7 Å². The highest BCUT2D eigenvalue weighted by atomic mass is 32.1. The molecular formula is C14H12FN5OS. The molecule has 2 heterocycles. The predicted octanol–water partition coefficient (Wildman–Crippen LogP) is 2.79. The second kappa shape index (κ2) is 6.35. The number of halogens is 1. The van der Waals surface area contributed by atoms with Crippen LogP contribution in [0.25, 0.3) is 5.69 Å². The van der Waals surface area contributed by atoms with Crippen LogP contribution in [-0.4, -0.2) is 20.8 Å². The second-order valence-corrected chi connectivity index (χ2v) is 5.23. The van der Waals surface area contributed by atoms with Crippen LogP contribution in [0.2, 0.25) is 0 Å². The molecule has 0 atom stereocenters. The van der Waals surface area contributed by atoms with Gasteiger partial charge >= 0.3 is 6.03 Å². The Morgan fingerprint density at radius 2 is 2.27 bits per heavy atom. The molecule has 0 saturated heterocycles. The Morgan fingerprint density at radius 1 is 1.36 bits per heavy atom. The summed E-state index contributed by atoms with van der Waals surface area (Å²) in [6.07, 6.45) is 2.72. The number of nitrogens with one attached hydrogen (secondary N) is 2. The highest BCUT2D eigenvalue weighted by molar-refractivity contribution is 7.07. The first-order valence-electron chi connectivity index (χ1n) is 6.43. The van der Waals surface area contributed by atoms with Crippen molar-refractivity contribution in [2.45, 2.75) is 6.54 Å². The summed E-state index contributed by atoms with van der Waals surface area (Å²) >= 11 is 1.56. The molecule has 22 heavy (non-hydrogen) atoms. The lowest BCUT2D eigenvalue weighted by Gasteiger charge is -2.09. The van der Waals surface area contributed by atoms with Crippen LogP contribution >= 0.6 is 11.3 Å². The number of hydrogen-bond donors (Lipinski definition) is 2. The molecule has 0 radical (unpaired) electrons. The lowest BCUT2D eigenvalue weighted by molar-refractivity contribution is 0.252. The number of urea groups is 1. The van der Waals surface area contributed by atoms with Gasteiger partial charge in [-0.2, -0.15) is 16.4 Å². The first kappa shape index (κ1) is 14.2. The molecule has 0 saturated carbocycles. The standard InChI is InChI=1S/C14H12FN5OS/c15-12-5-11(1-2-13(12)20-9-16-8-18-20)19-14(21)17-6-10-3-4-22-7-10/h1-5,7-9H,6H2,(H2,17,19,21). The molecule has 2 amide bonds. The normalized spacial score (nSPS) is 10.4. The van der Waals surface area contributed by atoms with E-state index in [-0.39, 0.29) is 11.7 Å². The third-order valence-electron chi connectivity index (χ3n) is 2.90. The van der Waals surface area contributed by atoms with Crippen molar-refractivity contribution < 1.29 is 9.18 Å². The number of benzene rings is 1. The van der Waals surface area contributed by atoms with E-state index in [4.69, 9.17) is 0 Å². The molecule has 112 valence electrons. The lowest BCUT2D eigenvalue weighted by atomic mass is 10.2. The molecule has 2 aromatic heterocycles. The van der Waals surface area contributed by atoms with Gasteiger partial charge in [0, 0.05) is 12.2 Å². The van der Waals surface area contributed by atoms with Crippen molar-refractivity contribution >= 4 is 23.1 Å². The van der Waals surface area contributed by atoms with E-state index < -0.39 is 5.82 Å². The van der Waals surface area contributed by atoms with Crippen LogP contribution in [0.1, 0.15) is 5.56 Å². The Bertz CT molecular complexity index is 758. The average molecular weight is 317 g/mol. The minimum atomic E-state index is -0.499. The molecule has 0 fully saturated rings. The van der Waals surface area contributed by atoms with Gasteiger partial charge in [-0.15, -0.1) is 0 Å². The van der Waals surface area contributed by atoms with Gasteiger partial charge in [0.1, 0.15) is 18.3 Å². The first-order chi connectivity index (χ1) is 10.7. The van der Waals surface area contributed by atoms with Gasteiger partial charge in [0.2, 0.25) is 0 Å². The van der Waals surface area contributed by atoms with Gasteiger partial charge in [-0.25, -0.2) is 18.9 Å². The molecule has 0 unspecified atom stereocenters. The van der Waals surface area contributed by atoms with Crippen molar-refractivity contribution in [3.63, 3.8) is 0 Å². The topological polar surface area (TPSA) is 71.8 Å². The van der Waals surface area contributed by atoms with Crippen LogP contribution in [0.5, 0.6) is 0 Å². The monoisotopic (exact) mass is 317 g/mol. The Labute approximate surface area is 129 Å². The maximum absolute atomic E-state index is 14.0. The smallest absolute Gasteiger partial charge is 0.319 e. The van der Waals surface area contributed by atoms with Crippen LogP contribution in [0.3, 0.4) is 0 Å². The van der Waals surface area contributed by atoms with Gasteiger partial charge in [0.25, 0.3) is 0 Å². The van der Waals surface area contributed by atoms with Crippen molar-refractivity contribution in [3.05, 3.63) is 59.1 Å². The number of anilines is 1. The Morgan fingerprint density at radius 3 is 2.95 bits per heavy atom. The largest absolute Gasteiger partial charge is 0.334 e. The van der Waals surface area contributed by atoms with Crippen molar-refractivity contribution in [1.29, 1.82) is 0 Å². The molecule has 0 bridgehead atoms. The molecule has 3 aromatic rings. The second-order valence-electron chi connectivity index (χ2n) is 4.45. The summed E-state index contributed by atoms with van der Waals surface area (Å²) in [7, 11) is 0. The van der Waals surface area contributed by atoms with Crippen molar-refractivity contribution in [2.24, 2.45) is 0 Å². The van der Waals surface area contributed by atoms with Crippen molar-refractivity contribution in [1.82, 2.24) is 20.1 Å². The first-order valence-corrected chi connectivity index (χ1v) is 7.37. The molecule has 0 aliphatic heterocycles. The van der Waals surface area contributed by atoms with Gasteiger partial charge in [-0.3, -0.25) is 0 Å². The average Bonchev–Trinajstić information content (AvgIpc) is 3.19. The highest BCUT2D eigenvalue weighted by Crippen LogP contribution is 2.17. The van der Waals surface area contributed by atoms with E-state index in [1.54, 1.807) is 17.4 Å². The molecule has 1 aromatic carbocycles. The zero-order valence-corrected chi connectivity index (χ0v) is 12.2. The Balaban J connectivity index is 1.63. The van der Waals surface area contributed by atoms with Gasteiger partial charge in [0.05, 0.1) is 0 Å². The molecule has 0 spiro atoms. The van der Waals surface area contributed by atoms with Crippen LogP contribution in [0.4, 0.5) is 14.9 Å². The summed E-state index contributed by atoms with van der Waals surface area (Å²) in [6.45, 7) is 0.425. The maximum atomic E-state index is 14.0. The highest BCUT2D eigenvalue weighted by Gasteiger charge is 2.08. The quantitative estimate of drug-likeness (QED) is 0.777. The number of hydrogen-bond acceptors (Lipinski definition) is 4. The Kier molecular flexibility index (Phi) is 4.10. The summed E-state index contributed by atoms with van der Waals surface area (Å²) in [5, 5.41) is 13.0. The predicted molar refractivity (Wildman–Crippen MR) is 81.5 cm³/mol. The Hall–Kier alpha value is -2.74.